The van der Waals surface area contributed by atoms with E-state index in [0.29, 0.717) is 22.3 Å². The number of nitrogens with zero attached hydrogens (tertiary/aromatic N) is 3. The minimum absolute atomic E-state index is 0.0717. The van der Waals surface area contributed by atoms with Crippen LogP contribution in [0, 0.1) is 0 Å². The van der Waals surface area contributed by atoms with E-state index in [1.54, 1.807) is 22.8 Å². The van der Waals surface area contributed by atoms with E-state index < -0.39 is 12.5 Å². The van der Waals surface area contributed by atoms with Crippen LogP contribution in [0.5, 0.6) is 5.75 Å². The number of amides is 1. The lowest BCUT2D eigenvalue weighted by atomic mass is 10.2. The number of rotatable bonds is 8. The van der Waals surface area contributed by atoms with E-state index >= 15 is 0 Å². The number of thioether (sulfide) groups is 1. The summed E-state index contributed by atoms with van der Waals surface area (Å²) >= 11 is 2.73. The van der Waals surface area contributed by atoms with Crippen LogP contribution in [-0.4, -0.2) is 27.3 Å². The maximum absolute atomic E-state index is 12.5. The molecule has 3 aromatic rings. The van der Waals surface area contributed by atoms with Crippen molar-refractivity contribution in [3.05, 3.63) is 47.3 Å². The highest BCUT2D eigenvalue weighted by molar-refractivity contribution is 7.98. The molecule has 0 spiro atoms. The predicted octanol–water partition coefficient (Wildman–Crippen LogP) is 3.39. The molecule has 3 rings (SSSR count). The number of nitrogens with two attached hydrogens (primary N) is 1. The quantitative estimate of drug-likeness (QED) is 0.590. The second kappa shape index (κ2) is 8.28. The highest BCUT2D eigenvalue weighted by Gasteiger charge is 2.18. The highest BCUT2D eigenvalue weighted by Crippen LogP contribution is 2.31. The van der Waals surface area contributed by atoms with Gasteiger partial charge in [0.15, 0.2) is 11.0 Å². The van der Waals surface area contributed by atoms with Crippen molar-refractivity contribution in [3.63, 3.8) is 0 Å². The summed E-state index contributed by atoms with van der Waals surface area (Å²) in [6.45, 7) is -2.97. The molecule has 0 unspecified atom stereocenters. The second-order valence-electron chi connectivity index (χ2n) is 5.11. The van der Waals surface area contributed by atoms with Crippen LogP contribution >= 0.6 is 23.1 Å². The third kappa shape index (κ3) is 4.38. The summed E-state index contributed by atoms with van der Waals surface area (Å²) in [7, 11) is 0. The molecular weight excluding hydrogens is 382 g/mol. The van der Waals surface area contributed by atoms with Gasteiger partial charge in [0.25, 0.3) is 0 Å². The largest absolute Gasteiger partial charge is 0.435 e. The van der Waals surface area contributed by atoms with Crippen LogP contribution in [0.3, 0.4) is 0 Å². The van der Waals surface area contributed by atoms with Gasteiger partial charge in [0, 0.05) is 11.3 Å². The van der Waals surface area contributed by atoms with Gasteiger partial charge in [-0.15, -0.1) is 21.5 Å². The van der Waals surface area contributed by atoms with E-state index in [1.807, 2.05) is 17.5 Å². The van der Waals surface area contributed by atoms with Crippen molar-refractivity contribution in [2.24, 2.45) is 5.73 Å². The van der Waals surface area contributed by atoms with Crippen molar-refractivity contribution < 1.29 is 18.3 Å². The molecule has 2 heterocycles. The monoisotopic (exact) mass is 396 g/mol. The van der Waals surface area contributed by atoms with Gasteiger partial charge >= 0.3 is 6.61 Å². The normalized spacial score (nSPS) is 11.0. The van der Waals surface area contributed by atoms with E-state index in [2.05, 4.69) is 14.9 Å². The first-order valence-corrected chi connectivity index (χ1v) is 9.32. The number of carbonyl (C=O) groups is 1. The summed E-state index contributed by atoms with van der Waals surface area (Å²) in [4.78, 5) is 12.3. The number of alkyl halides is 2. The Kier molecular flexibility index (Phi) is 5.84. The number of hydrogen-bond acceptors (Lipinski definition) is 6. The molecule has 136 valence electrons. The molecule has 0 aliphatic rings. The fourth-order valence-electron chi connectivity index (χ4n) is 2.26. The number of carbonyl (C=O) groups excluding carboxylic acids is 1. The minimum Gasteiger partial charge on any atom is -0.435 e. The number of aromatic nitrogens is 3. The lowest BCUT2D eigenvalue weighted by Crippen LogP contribution is -2.19. The zero-order chi connectivity index (χ0) is 18.5. The average Bonchev–Trinajstić information content (AvgIpc) is 3.23. The molecule has 0 aliphatic heterocycles. The van der Waals surface area contributed by atoms with Crippen molar-refractivity contribution >= 4 is 29.0 Å². The molecule has 0 saturated heterocycles. The van der Waals surface area contributed by atoms with Crippen molar-refractivity contribution in [1.29, 1.82) is 0 Å². The van der Waals surface area contributed by atoms with Gasteiger partial charge in [-0.3, -0.25) is 9.36 Å². The fourth-order valence-corrected chi connectivity index (χ4v) is 3.90. The third-order valence-electron chi connectivity index (χ3n) is 3.32. The highest BCUT2D eigenvalue weighted by atomic mass is 32.2. The molecule has 2 N–H and O–H groups in total. The molecule has 1 amide bonds. The van der Waals surface area contributed by atoms with Gasteiger partial charge in [-0.05, 0) is 17.5 Å². The zero-order valence-electron chi connectivity index (χ0n) is 13.3. The Balaban J connectivity index is 1.83. The molecule has 2 aromatic heterocycles. The number of primary amides is 1. The Bertz CT molecular complexity index is 884. The van der Waals surface area contributed by atoms with Gasteiger partial charge < -0.3 is 10.5 Å². The van der Waals surface area contributed by atoms with Crippen molar-refractivity contribution in [2.45, 2.75) is 24.1 Å². The lowest BCUT2D eigenvalue weighted by Gasteiger charge is -2.11. The van der Waals surface area contributed by atoms with E-state index in [1.165, 1.54) is 29.2 Å². The first-order valence-electron chi connectivity index (χ1n) is 7.45. The first-order chi connectivity index (χ1) is 12.5. The molecule has 6 nitrogen and oxygen atoms in total. The summed E-state index contributed by atoms with van der Waals surface area (Å²) in [6, 6.07) is 10.3. The fraction of sp³-hybridized carbons (Fsp3) is 0.188. The second-order valence-corrected chi connectivity index (χ2v) is 7.00. The maximum Gasteiger partial charge on any atom is 0.387 e. The summed E-state index contributed by atoms with van der Waals surface area (Å²) in [5, 5.41) is 10.6. The van der Waals surface area contributed by atoms with Crippen molar-refractivity contribution in [2.75, 3.05) is 0 Å². The van der Waals surface area contributed by atoms with Crippen molar-refractivity contribution in [1.82, 2.24) is 14.8 Å². The topological polar surface area (TPSA) is 83.0 Å². The van der Waals surface area contributed by atoms with Gasteiger partial charge in [-0.25, -0.2) is 0 Å². The van der Waals surface area contributed by atoms with Crippen LogP contribution < -0.4 is 10.5 Å². The minimum atomic E-state index is -2.90. The smallest absolute Gasteiger partial charge is 0.387 e. The summed E-state index contributed by atoms with van der Waals surface area (Å²) in [5.41, 5.74) is 5.92. The predicted molar refractivity (Wildman–Crippen MR) is 95.2 cm³/mol. The summed E-state index contributed by atoms with van der Waals surface area (Å²) in [5.74, 6) is 0.447. The number of thiophene rings is 1. The van der Waals surface area contributed by atoms with E-state index in [9.17, 15) is 13.6 Å². The first kappa shape index (κ1) is 18.3. The Hall–Kier alpha value is -2.46. The molecule has 0 radical (unpaired) electrons. The van der Waals surface area contributed by atoms with E-state index in [0.717, 1.165) is 4.88 Å². The Labute approximate surface area is 156 Å². The number of para-hydroxylation sites is 1. The molecule has 0 fully saturated rings. The third-order valence-corrected chi connectivity index (χ3v) is 5.20. The molecule has 0 atom stereocenters. The Morgan fingerprint density at radius 2 is 2.08 bits per heavy atom. The number of benzene rings is 1. The molecule has 1 aromatic carbocycles. The van der Waals surface area contributed by atoms with Crippen LogP contribution in [0.2, 0.25) is 0 Å². The summed E-state index contributed by atoms with van der Waals surface area (Å²) < 4.78 is 31.2. The number of ether oxygens (including phenoxy) is 1. The molecule has 26 heavy (non-hydrogen) atoms. The van der Waals surface area contributed by atoms with Crippen LogP contribution in [0.15, 0.2) is 46.9 Å². The molecule has 0 saturated carbocycles. The summed E-state index contributed by atoms with van der Waals surface area (Å²) in [6.07, 6.45) is 0. The van der Waals surface area contributed by atoms with Gasteiger partial charge in [-0.2, -0.15) is 8.78 Å². The molecule has 0 bridgehead atoms. The van der Waals surface area contributed by atoms with Crippen molar-refractivity contribution in [3.8, 4) is 16.5 Å². The van der Waals surface area contributed by atoms with Crippen LogP contribution in [0.25, 0.3) is 10.7 Å². The molecular formula is C16H14F2N4O2S2. The van der Waals surface area contributed by atoms with Gasteiger partial charge in [-0.1, -0.05) is 36.0 Å². The van der Waals surface area contributed by atoms with Gasteiger partial charge in [0.1, 0.15) is 12.3 Å². The van der Waals surface area contributed by atoms with Gasteiger partial charge in [0.05, 0.1) is 4.88 Å². The Morgan fingerprint density at radius 3 is 2.77 bits per heavy atom. The van der Waals surface area contributed by atoms with Crippen LogP contribution in [-0.2, 0) is 17.1 Å². The SMILES string of the molecule is NC(=O)Cn1c(SCc2ccccc2OC(F)F)nnc1-c1cccs1. The molecule has 0 aliphatic carbocycles. The maximum atomic E-state index is 12.5. The average molecular weight is 396 g/mol. The molecule has 10 heteroatoms. The number of halogens is 2. The van der Waals surface area contributed by atoms with Gasteiger partial charge in [0.2, 0.25) is 5.91 Å². The zero-order valence-corrected chi connectivity index (χ0v) is 15.0. The number of hydrogen-bond donors (Lipinski definition) is 1. The van der Waals surface area contributed by atoms with Crippen LogP contribution in [0.4, 0.5) is 8.78 Å². The van der Waals surface area contributed by atoms with E-state index in [4.69, 9.17) is 5.73 Å². The Morgan fingerprint density at radius 1 is 1.27 bits per heavy atom. The van der Waals surface area contributed by atoms with E-state index in [-0.39, 0.29) is 12.3 Å². The standard InChI is InChI=1S/C16H14F2N4O2S2/c17-15(18)24-11-5-2-1-4-10(11)9-26-16-21-20-14(12-6-3-7-25-12)22(16)8-13(19)23/h1-7,15H,8-9H2,(H2,19,23). The lowest BCUT2D eigenvalue weighted by molar-refractivity contribution is -0.118. The van der Waals surface area contributed by atoms with Crippen LogP contribution in [0.1, 0.15) is 5.56 Å².